The fourth-order valence-electron chi connectivity index (χ4n) is 4.43. The van der Waals surface area contributed by atoms with Crippen LogP contribution in [0.5, 0.6) is 11.5 Å². The Kier molecular flexibility index (Phi) is 7.56. The molecule has 2 aliphatic heterocycles. The normalized spacial score (nSPS) is 20.3. The number of nitrogens with zero attached hydrogens (tertiary/aromatic N) is 1. The topological polar surface area (TPSA) is 114 Å². The van der Waals surface area contributed by atoms with Crippen LogP contribution < -0.4 is 20.1 Å². The van der Waals surface area contributed by atoms with E-state index in [4.69, 9.17) is 9.47 Å². The highest BCUT2D eigenvalue weighted by molar-refractivity contribution is 7.89. The van der Waals surface area contributed by atoms with Crippen LogP contribution in [0.3, 0.4) is 0 Å². The predicted molar refractivity (Wildman–Crippen MR) is 135 cm³/mol. The summed E-state index contributed by atoms with van der Waals surface area (Å²) >= 11 is 0. The van der Waals surface area contributed by atoms with E-state index in [-0.39, 0.29) is 29.4 Å². The smallest absolute Gasteiger partial charge is 0.265 e. The largest absolute Gasteiger partial charge is 0.491 e. The molecule has 2 aliphatic rings. The van der Waals surface area contributed by atoms with E-state index < -0.39 is 22.0 Å². The molecule has 1 fully saturated rings. The summed E-state index contributed by atoms with van der Waals surface area (Å²) in [5.41, 5.74) is 1.89. The Morgan fingerprint density at radius 3 is 2.67 bits per heavy atom. The summed E-state index contributed by atoms with van der Waals surface area (Å²) in [7, 11) is -3.86. The van der Waals surface area contributed by atoms with Crippen LogP contribution in [0.4, 0.5) is 5.69 Å². The van der Waals surface area contributed by atoms with Gasteiger partial charge in [-0.1, -0.05) is 12.1 Å². The Labute approximate surface area is 212 Å². The minimum Gasteiger partial charge on any atom is -0.491 e. The van der Waals surface area contributed by atoms with Gasteiger partial charge in [0.15, 0.2) is 6.10 Å². The minimum absolute atomic E-state index is 0.0862. The van der Waals surface area contributed by atoms with Crippen molar-refractivity contribution in [3.8, 4) is 11.5 Å². The molecule has 0 saturated carbocycles. The maximum absolute atomic E-state index is 13.5. The van der Waals surface area contributed by atoms with E-state index in [1.165, 1.54) is 10.4 Å². The van der Waals surface area contributed by atoms with E-state index in [9.17, 15) is 18.0 Å². The zero-order valence-electron chi connectivity index (χ0n) is 21.0. The molecule has 194 valence electrons. The van der Waals surface area contributed by atoms with Gasteiger partial charge in [0.1, 0.15) is 11.5 Å². The highest BCUT2D eigenvalue weighted by Crippen LogP contribution is 2.36. The molecule has 0 aliphatic carbocycles. The maximum Gasteiger partial charge on any atom is 0.265 e. The number of nitrogens with one attached hydrogen (secondary N) is 2. The van der Waals surface area contributed by atoms with Crippen molar-refractivity contribution in [1.82, 2.24) is 9.62 Å². The van der Waals surface area contributed by atoms with Gasteiger partial charge < -0.3 is 20.1 Å². The number of carbonyl (C=O) groups excluding carboxylic acids is 2. The monoisotopic (exact) mass is 515 g/mol. The highest BCUT2D eigenvalue weighted by Gasteiger charge is 2.35. The van der Waals surface area contributed by atoms with E-state index in [0.29, 0.717) is 42.9 Å². The maximum atomic E-state index is 13.5. The number of aryl methyl sites for hydroxylation is 1. The van der Waals surface area contributed by atoms with Gasteiger partial charge in [0.05, 0.1) is 22.6 Å². The lowest BCUT2D eigenvalue weighted by Gasteiger charge is -2.32. The first-order valence-corrected chi connectivity index (χ1v) is 13.6. The summed E-state index contributed by atoms with van der Waals surface area (Å²) in [6.45, 7) is 8.02. The van der Waals surface area contributed by atoms with E-state index in [2.05, 4.69) is 10.6 Å². The third-order valence-electron chi connectivity index (χ3n) is 6.34. The molecule has 0 bridgehead atoms. The zero-order valence-corrected chi connectivity index (χ0v) is 21.9. The first-order valence-electron chi connectivity index (χ1n) is 12.2. The van der Waals surface area contributed by atoms with Crippen molar-refractivity contribution in [3.63, 3.8) is 0 Å². The van der Waals surface area contributed by atoms with Gasteiger partial charge in [-0.3, -0.25) is 9.59 Å². The summed E-state index contributed by atoms with van der Waals surface area (Å²) in [6.07, 6.45) is 0.585. The van der Waals surface area contributed by atoms with Crippen LogP contribution in [0.2, 0.25) is 0 Å². The lowest BCUT2D eigenvalue weighted by Crippen LogP contribution is -2.45. The summed E-state index contributed by atoms with van der Waals surface area (Å²) in [6, 6.07) is 10.6. The Morgan fingerprint density at radius 2 is 1.97 bits per heavy atom. The van der Waals surface area contributed by atoms with Gasteiger partial charge in [-0.2, -0.15) is 4.31 Å². The molecule has 2 N–H and O–H groups in total. The molecular formula is C26H33N3O6S. The van der Waals surface area contributed by atoms with Crippen LogP contribution in [0.25, 0.3) is 0 Å². The molecule has 2 amide bonds. The number of piperidine rings is 1. The third-order valence-corrected chi connectivity index (χ3v) is 8.35. The van der Waals surface area contributed by atoms with Gasteiger partial charge >= 0.3 is 0 Å². The number of amides is 2. The van der Waals surface area contributed by atoms with Crippen LogP contribution in [0, 0.1) is 12.8 Å². The Balaban J connectivity index is 1.42. The number of ether oxygens (including phenoxy) is 2. The number of hydrogen-bond donors (Lipinski definition) is 2. The number of benzene rings is 2. The van der Waals surface area contributed by atoms with Crippen molar-refractivity contribution in [2.24, 2.45) is 5.92 Å². The molecule has 36 heavy (non-hydrogen) atoms. The number of anilines is 1. The van der Waals surface area contributed by atoms with Crippen LogP contribution in [0.15, 0.2) is 41.3 Å². The molecule has 2 aromatic rings. The number of fused-ring (bicyclic) bond motifs is 1. The molecule has 0 spiro atoms. The molecule has 0 radical (unpaired) electrons. The molecular weight excluding hydrogens is 482 g/mol. The predicted octanol–water partition coefficient (Wildman–Crippen LogP) is 3.22. The third kappa shape index (κ3) is 5.65. The SMILES string of the molecule is Cc1cc2c(cc1S(=O)(=O)N1CCC[C@@H](C(=O)NCc3ccc(OC(C)C)cc3)C1)O[C@@H](C)C(=O)N2. The first kappa shape index (κ1) is 26.0. The fraction of sp³-hybridized carbons (Fsp3) is 0.462. The molecule has 0 unspecified atom stereocenters. The molecule has 0 aromatic heterocycles. The van der Waals surface area contributed by atoms with Gasteiger partial charge in [0, 0.05) is 25.7 Å². The van der Waals surface area contributed by atoms with E-state index >= 15 is 0 Å². The first-order chi connectivity index (χ1) is 17.0. The molecule has 10 heteroatoms. The van der Waals surface area contributed by atoms with Gasteiger partial charge in [0.25, 0.3) is 5.91 Å². The molecule has 1 saturated heterocycles. The number of rotatable bonds is 7. The average molecular weight is 516 g/mol. The average Bonchev–Trinajstić information content (AvgIpc) is 2.84. The summed E-state index contributed by atoms with van der Waals surface area (Å²) in [5.74, 6) is 0.211. The van der Waals surface area contributed by atoms with E-state index in [1.54, 1.807) is 19.9 Å². The second kappa shape index (κ2) is 10.5. The lowest BCUT2D eigenvalue weighted by atomic mass is 9.99. The molecule has 2 heterocycles. The van der Waals surface area contributed by atoms with Gasteiger partial charge in [0.2, 0.25) is 15.9 Å². The summed E-state index contributed by atoms with van der Waals surface area (Å²) in [4.78, 5) is 24.9. The number of carbonyl (C=O) groups is 2. The Bertz CT molecular complexity index is 1240. The molecule has 9 nitrogen and oxygen atoms in total. The quantitative estimate of drug-likeness (QED) is 0.585. The van der Waals surface area contributed by atoms with Gasteiger partial charge in [-0.15, -0.1) is 0 Å². The van der Waals surface area contributed by atoms with E-state index in [0.717, 1.165) is 11.3 Å². The zero-order chi connectivity index (χ0) is 26.0. The van der Waals surface area contributed by atoms with Crippen molar-refractivity contribution in [2.75, 3.05) is 18.4 Å². The fourth-order valence-corrected chi connectivity index (χ4v) is 6.17. The van der Waals surface area contributed by atoms with Crippen LogP contribution in [-0.4, -0.2) is 49.8 Å². The Morgan fingerprint density at radius 1 is 1.25 bits per heavy atom. The van der Waals surface area contributed by atoms with Crippen LogP contribution in [-0.2, 0) is 26.2 Å². The number of hydrogen-bond acceptors (Lipinski definition) is 6. The van der Waals surface area contributed by atoms with Gasteiger partial charge in [-0.25, -0.2) is 8.42 Å². The summed E-state index contributed by atoms with van der Waals surface area (Å²) < 4.78 is 39.7. The van der Waals surface area contributed by atoms with Crippen molar-refractivity contribution in [1.29, 1.82) is 0 Å². The molecule has 2 aromatic carbocycles. The van der Waals surface area contributed by atoms with Crippen LogP contribution in [0.1, 0.15) is 44.7 Å². The molecule has 2 atom stereocenters. The minimum atomic E-state index is -3.86. The Hall–Kier alpha value is -3.11. The molecule has 4 rings (SSSR count). The van der Waals surface area contributed by atoms with Crippen molar-refractivity contribution in [2.45, 2.75) is 64.2 Å². The van der Waals surface area contributed by atoms with Gasteiger partial charge in [-0.05, 0) is 69.9 Å². The second-order valence-corrected chi connectivity index (χ2v) is 11.5. The number of sulfonamides is 1. The van der Waals surface area contributed by atoms with Crippen molar-refractivity contribution < 1.29 is 27.5 Å². The standard InChI is InChI=1S/C26H33N3O6S/c1-16(2)34-21-9-7-19(8-10-21)14-27-26(31)20-6-5-11-29(15-20)36(32,33)24-13-23-22(12-17(24)3)28-25(30)18(4)35-23/h7-10,12-13,16,18,20H,5-6,11,14-15H2,1-4H3,(H,27,31)(H,28,30)/t18-,20+/m0/s1. The van der Waals surface area contributed by atoms with Crippen molar-refractivity contribution in [3.05, 3.63) is 47.5 Å². The summed E-state index contributed by atoms with van der Waals surface area (Å²) in [5, 5.41) is 5.68. The van der Waals surface area contributed by atoms with Crippen molar-refractivity contribution >= 4 is 27.5 Å². The van der Waals surface area contributed by atoms with Crippen LogP contribution >= 0.6 is 0 Å². The lowest BCUT2D eigenvalue weighted by molar-refractivity contribution is -0.126. The second-order valence-electron chi connectivity index (χ2n) is 9.59. The van der Waals surface area contributed by atoms with E-state index in [1.807, 2.05) is 38.1 Å². The highest BCUT2D eigenvalue weighted by atomic mass is 32.2.